The van der Waals surface area contributed by atoms with Gasteiger partial charge in [-0.25, -0.2) is 9.78 Å². The van der Waals surface area contributed by atoms with Gasteiger partial charge in [0.2, 0.25) is 0 Å². The summed E-state index contributed by atoms with van der Waals surface area (Å²) < 4.78 is 5.32. The summed E-state index contributed by atoms with van der Waals surface area (Å²) in [6, 6.07) is 3.61. The number of aromatic nitrogens is 1. The predicted octanol–water partition coefficient (Wildman–Crippen LogP) is 1.89. The van der Waals surface area contributed by atoms with Crippen LogP contribution in [0.2, 0.25) is 0 Å². The second-order valence-corrected chi connectivity index (χ2v) is 2.94. The topological polar surface area (TPSA) is 59.4 Å². The molecule has 0 saturated carbocycles. The van der Waals surface area contributed by atoms with Gasteiger partial charge in [-0.05, 0) is 32.1 Å². The second-order valence-electron chi connectivity index (χ2n) is 2.94. The number of ether oxygens (including phenoxy) is 1. The lowest BCUT2D eigenvalue weighted by atomic mass is 10.2. The van der Waals surface area contributed by atoms with Crippen molar-refractivity contribution < 1.29 is 14.6 Å². The van der Waals surface area contributed by atoms with Gasteiger partial charge in [0, 0.05) is 11.8 Å². The number of carboxylic acids is 1. The van der Waals surface area contributed by atoms with Crippen LogP contribution in [-0.2, 0) is 4.79 Å². The highest BCUT2D eigenvalue weighted by Gasteiger charge is 2.02. The average Bonchev–Trinajstić information content (AvgIpc) is 2.18. The summed E-state index contributed by atoms with van der Waals surface area (Å²) >= 11 is 0. The number of hydrogen-bond donors (Lipinski definition) is 1. The molecule has 15 heavy (non-hydrogen) atoms. The Hall–Kier alpha value is -1.84. The van der Waals surface area contributed by atoms with E-state index < -0.39 is 5.97 Å². The lowest BCUT2D eigenvalue weighted by Crippen LogP contribution is -1.97. The Bertz CT molecular complexity index is 385. The van der Waals surface area contributed by atoms with Crippen LogP contribution < -0.4 is 4.74 Å². The standard InChI is InChI=1S/C11H13NO3/c1-3-15-10-6-4-8(2)12-9(10)5-7-11(13)14/h4-7H,3H2,1-2H3,(H,13,14). The van der Waals surface area contributed by atoms with Crippen LogP contribution in [0.5, 0.6) is 5.75 Å². The van der Waals surface area contributed by atoms with Crippen molar-refractivity contribution in [3.05, 3.63) is 29.6 Å². The third kappa shape index (κ3) is 3.42. The maximum atomic E-state index is 10.4. The van der Waals surface area contributed by atoms with Crippen molar-refractivity contribution in [1.29, 1.82) is 0 Å². The van der Waals surface area contributed by atoms with E-state index in [0.29, 0.717) is 18.1 Å². The molecule has 0 aromatic carbocycles. The van der Waals surface area contributed by atoms with Gasteiger partial charge in [-0.3, -0.25) is 0 Å². The van der Waals surface area contributed by atoms with Gasteiger partial charge in [-0.1, -0.05) is 0 Å². The lowest BCUT2D eigenvalue weighted by molar-refractivity contribution is -0.131. The molecule has 1 rings (SSSR count). The fourth-order valence-electron chi connectivity index (χ4n) is 1.11. The molecule has 1 aromatic rings. The maximum absolute atomic E-state index is 10.4. The number of hydrogen-bond acceptors (Lipinski definition) is 3. The summed E-state index contributed by atoms with van der Waals surface area (Å²) in [4.78, 5) is 14.6. The van der Waals surface area contributed by atoms with Crippen LogP contribution in [-0.4, -0.2) is 22.7 Å². The summed E-state index contributed by atoms with van der Waals surface area (Å²) in [6.45, 7) is 4.23. The molecule has 4 heteroatoms. The van der Waals surface area contributed by atoms with E-state index in [1.807, 2.05) is 19.9 Å². The van der Waals surface area contributed by atoms with Crippen LogP contribution in [0.4, 0.5) is 0 Å². The van der Waals surface area contributed by atoms with E-state index in [4.69, 9.17) is 9.84 Å². The summed E-state index contributed by atoms with van der Waals surface area (Å²) in [5.74, 6) is -0.402. The van der Waals surface area contributed by atoms with Gasteiger partial charge in [-0.15, -0.1) is 0 Å². The molecule has 0 saturated heterocycles. The van der Waals surface area contributed by atoms with Crippen molar-refractivity contribution in [1.82, 2.24) is 4.98 Å². The van der Waals surface area contributed by atoms with E-state index in [0.717, 1.165) is 11.8 Å². The highest BCUT2D eigenvalue weighted by atomic mass is 16.5. The number of aryl methyl sites for hydroxylation is 1. The molecule has 0 fully saturated rings. The van der Waals surface area contributed by atoms with Crippen molar-refractivity contribution in [2.45, 2.75) is 13.8 Å². The minimum absolute atomic E-state index is 0.526. The minimum Gasteiger partial charge on any atom is -0.492 e. The summed E-state index contributed by atoms with van der Waals surface area (Å²) in [5, 5.41) is 8.51. The Morgan fingerprint density at radius 2 is 2.33 bits per heavy atom. The normalized spacial score (nSPS) is 10.5. The average molecular weight is 207 g/mol. The largest absolute Gasteiger partial charge is 0.492 e. The first-order chi connectivity index (χ1) is 7.13. The fourth-order valence-corrected chi connectivity index (χ4v) is 1.11. The summed E-state index contributed by atoms with van der Waals surface area (Å²) in [7, 11) is 0. The molecule has 0 unspecified atom stereocenters. The van der Waals surface area contributed by atoms with Crippen LogP contribution >= 0.6 is 0 Å². The Kier molecular flexibility index (Phi) is 3.85. The van der Waals surface area contributed by atoms with Gasteiger partial charge in [-0.2, -0.15) is 0 Å². The maximum Gasteiger partial charge on any atom is 0.328 e. The summed E-state index contributed by atoms with van der Waals surface area (Å²) in [5.41, 5.74) is 1.36. The molecule has 0 aliphatic heterocycles. The van der Waals surface area contributed by atoms with Crippen molar-refractivity contribution in [2.75, 3.05) is 6.61 Å². The molecule has 0 atom stereocenters. The van der Waals surface area contributed by atoms with Crippen LogP contribution in [0.25, 0.3) is 6.08 Å². The molecule has 1 aromatic heterocycles. The molecule has 0 spiro atoms. The Morgan fingerprint density at radius 1 is 1.60 bits per heavy atom. The van der Waals surface area contributed by atoms with E-state index in [1.54, 1.807) is 6.07 Å². The first-order valence-corrected chi connectivity index (χ1v) is 4.65. The smallest absolute Gasteiger partial charge is 0.328 e. The molecule has 0 aliphatic carbocycles. The zero-order chi connectivity index (χ0) is 11.3. The Balaban J connectivity index is 3.01. The third-order valence-electron chi connectivity index (χ3n) is 1.71. The van der Waals surface area contributed by atoms with Crippen molar-refractivity contribution in [3.8, 4) is 5.75 Å². The zero-order valence-corrected chi connectivity index (χ0v) is 8.73. The zero-order valence-electron chi connectivity index (χ0n) is 8.73. The van der Waals surface area contributed by atoms with Crippen molar-refractivity contribution >= 4 is 12.0 Å². The van der Waals surface area contributed by atoms with E-state index in [-0.39, 0.29) is 0 Å². The van der Waals surface area contributed by atoms with Gasteiger partial charge < -0.3 is 9.84 Å². The van der Waals surface area contributed by atoms with Crippen LogP contribution in [0.15, 0.2) is 18.2 Å². The predicted molar refractivity (Wildman–Crippen MR) is 56.8 cm³/mol. The minimum atomic E-state index is -0.999. The van der Waals surface area contributed by atoms with Crippen molar-refractivity contribution in [3.63, 3.8) is 0 Å². The monoisotopic (exact) mass is 207 g/mol. The first-order valence-electron chi connectivity index (χ1n) is 4.65. The number of aliphatic carboxylic acids is 1. The molecular weight excluding hydrogens is 194 g/mol. The van der Waals surface area contributed by atoms with E-state index in [9.17, 15) is 4.79 Å². The van der Waals surface area contributed by atoms with Gasteiger partial charge >= 0.3 is 5.97 Å². The highest BCUT2D eigenvalue weighted by molar-refractivity contribution is 5.85. The number of carboxylic acid groups (broad SMARTS) is 1. The highest BCUT2D eigenvalue weighted by Crippen LogP contribution is 2.18. The lowest BCUT2D eigenvalue weighted by Gasteiger charge is -2.06. The van der Waals surface area contributed by atoms with E-state index >= 15 is 0 Å². The third-order valence-corrected chi connectivity index (χ3v) is 1.71. The molecule has 1 N–H and O–H groups in total. The molecule has 80 valence electrons. The van der Waals surface area contributed by atoms with Crippen molar-refractivity contribution in [2.24, 2.45) is 0 Å². The van der Waals surface area contributed by atoms with Crippen LogP contribution in [0.3, 0.4) is 0 Å². The Morgan fingerprint density at radius 3 is 2.93 bits per heavy atom. The van der Waals surface area contributed by atoms with Gasteiger partial charge in [0.25, 0.3) is 0 Å². The van der Waals surface area contributed by atoms with Gasteiger partial charge in [0.15, 0.2) is 0 Å². The number of rotatable bonds is 4. The molecule has 0 amide bonds. The first kappa shape index (κ1) is 11.2. The molecule has 0 aliphatic rings. The number of pyridine rings is 1. The van der Waals surface area contributed by atoms with Gasteiger partial charge in [0.1, 0.15) is 11.4 Å². The molecular formula is C11H13NO3. The summed E-state index contributed by atoms with van der Waals surface area (Å²) in [6.07, 6.45) is 2.48. The molecule has 1 heterocycles. The van der Waals surface area contributed by atoms with E-state index in [2.05, 4.69) is 4.98 Å². The molecule has 4 nitrogen and oxygen atoms in total. The quantitative estimate of drug-likeness (QED) is 0.766. The molecule has 0 radical (unpaired) electrons. The van der Waals surface area contributed by atoms with Crippen LogP contribution in [0.1, 0.15) is 18.3 Å². The second kappa shape index (κ2) is 5.14. The SMILES string of the molecule is CCOc1ccc(C)nc1C=CC(=O)O. The molecule has 0 bridgehead atoms. The van der Waals surface area contributed by atoms with Crippen LogP contribution in [0, 0.1) is 6.92 Å². The number of nitrogens with zero attached hydrogens (tertiary/aromatic N) is 1. The number of carbonyl (C=O) groups is 1. The fraction of sp³-hybridized carbons (Fsp3) is 0.273. The Labute approximate surface area is 88.2 Å². The van der Waals surface area contributed by atoms with E-state index in [1.165, 1.54) is 6.08 Å². The van der Waals surface area contributed by atoms with Gasteiger partial charge in [0.05, 0.1) is 6.61 Å².